The van der Waals surface area contributed by atoms with Crippen molar-refractivity contribution in [1.29, 1.82) is 0 Å². The van der Waals surface area contributed by atoms with Gasteiger partial charge in [-0.15, -0.1) is 0 Å². The van der Waals surface area contributed by atoms with E-state index in [1.165, 1.54) is 36.0 Å². The van der Waals surface area contributed by atoms with Gasteiger partial charge in [0.2, 0.25) is 0 Å². The Hall–Kier alpha value is -4.63. The van der Waals surface area contributed by atoms with Gasteiger partial charge in [-0.25, -0.2) is 9.78 Å². The minimum Gasteiger partial charge on any atom is -0.585 e. The van der Waals surface area contributed by atoms with Crippen molar-refractivity contribution in [2.75, 3.05) is 52.1 Å². The average molecular weight is 877 g/mol. The van der Waals surface area contributed by atoms with Gasteiger partial charge in [-0.1, -0.05) is 54.6 Å². The van der Waals surface area contributed by atoms with Gasteiger partial charge in [0.05, 0.1) is 69.8 Å². The van der Waals surface area contributed by atoms with Crippen molar-refractivity contribution in [3.8, 4) is 0 Å². The average Bonchev–Trinajstić information content (AvgIpc) is 3.24. The van der Waals surface area contributed by atoms with Gasteiger partial charge in [0.25, 0.3) is 11.8 Å². The first-order valence-electron chi connectivity index (χ1n) is 17.4. The number of carboxylic acids is 1. The maximum absolute atomic E-state index is 12.3. The summed E-state index contributed by atoms with van der Waals surface area (Å²) in [4.78, 5) is 50.3. The SMILES string of the molecule is COC(=O)C(CCCCNC(=O)c1ccccc1)NC(=O)c1ccc(N[NH-])nc1.C[PH+](c1ccccc1)c1ccccc1.O=C(O)CNC(CO)(CO)CO.[Tc]. The number of pyridine rings is 1. The number of esters is 1. The molecule has 4 rings (SSSR count). The van der Waals surface area contributed by atoms with Gasteiger partial charge in [0.15, 0.2) is 0 Å². The first kappa shape index (κ1) is 49.4. The molecule has 0 fully saturated rings. The maximum atomic E-state index is 12.3. The zero-order chi connectivity index (χ0) is 40.5. The van der Waals surface area contributed by atoms with Crippen LogP contribution in [0, 0.1) is 0 Å². The maximum Gasteiger partial charge on any atom is 0.328 e. The fraction of sp³-hybridized carbons (Fsp3) is 0.308. The second-order valence-corrected chi connectivity index (χ2v) is 14.5. The number of benzene rings is 3. The smallest absolute Gasteiger partial charge is 0.328 e. The molecule has 3 aromatic carbocycles. The van der Waals surface area contributed by atoms with E-state index in [1.807, 2.05) is 6.07 Å². The third kappa shape index (κ3) is 17.9. The Morgan fingerprint density at radius 1 is 0.786 bits per heavy atom. The Kier molecular flexibility index (Phi) is 24.6. The summed E-state index contributed by atoms with van der Waals surface area (Å²) >= 11 is 0. The minimum atomic E-state index is -1.31. The van der Waals surface area contributed by atoms with Crippen LogP contribution in [0.4, 0.5) is 5.82 Å². The Bertz CT molecular complexity index is 1660. The molecule has 303 valence electrons. The molecule has 1 heterocycles. The van der Waals surface area contributed by atoms with Crippen molar-refractivity contribution in [1.82, 2.24) is 20.9 Å². The number of anilines is 1. The molecule has 0 bridgehead atoms. The molecular formula is C39H51N6O9PTc. The Labute approximate surface area is 341 Å². The fourth-order valence-corrected chi connectivity index (χ4v) is 6.44. The number of unbranched alkanes of at least 4 members (excludes halogenated alkanes) is 1. The van der Waals surface area contributed by atoms with E-state index in [1.54, 1.807) is 24.3 Å². The molecule has 4 aromatic rings. The molecule has 1 unspecified atom stereocenters. The zero-order valence-electron chi connectivity index (χ0n) is 31.3. The van der Waals surface area contributed by atoms with Crippen LogP contribution in [0.15, 0.2) is 109 Å². The number of aliphatic hydroxyl groups excluding tert-OH is 3. The van der Waals surface area contributed by atoms with Crippen LogP contribution in [0.3, 0.4) is 0 Å². The number of ether oxygens (including phenoxy) is 1. The molecule has 1 aromatic heterocycles. The van der Waals surface area contributed by atoms with Crippen LogP contribution in [-0.2, 0) is 34.4 Å². The summed E-state index contributed by atoms with van der Waals surface area (Å²) in [5.41, 5.74) is 1.68. The van der Waals surface area contributed by atoms with E-state index in [4.69, 9.17) is 31.0 Å². The van der Waals surface area contributed by atoms with Gasteiger partial charge in [-0.3, -0.25) is 19.7 Å². The summed E-state index contributed by atoms with van der Waals surface area (Å²) in [6.45, 7) is 0.825. The molecule has 0 saturated carbocycles. The van der Waals surface area contributed by atoms with Crippen LogP contribution in [-0.4, -0.2) is 107 Å². The number of rotatable bonds is 18. The molecular weight excluding hydrogens is 825 g/mol. The first-order chi connectivity index (χ1) is 26.5. The van der Waals surface area contributed by atoms with Crippen molar-refractivity contribution >= 4 is 48.1 Å². The van der Waals surface area contributed by atoms with E-state index in [9.17, 15) is 19.2 Å². The number of carbonyl (C=O) groups is 4. The molecule has 0 spiro atoms. The van der Waals surface area contributed by atoms with Crippen molar-refractivity contribution < 1.29 is 64.4 Å². The Morgan fingerprint density at radius 2 is 1.32 bits per heavy atom. The van der Waals surface area contributed by atoms with E-state index in [2.05, 4.69) is 93.7 Å². The normalized spacial score (nSPS) is 10.9. The number of nitrogens with one attached hydrogen (secondary N) is 5. The van der Waals surface area contributed by atoms with Crippen LogP contribution in [0.5, 0.6) is 0 Å². The molecule has 2 amide bonds. The summed E-state index contributed by atoms with van der Waals surface area (Å²) in [5, 5.41) is 45.1. The van der Waals surface area contributed by atoms with Crippen LogP contribution < -0.4 is 32.0 Å². The van der Waals surface area contributed by atoms with Gasteiger partial charge >= 0.3 is 11.9 Å². The number of hydrogen-bond donors (Lipinski definition) is 8. The van der Waals surface area contributed by atoms with Crippen LogP contribution in [0.2, 0.25) is 0 Å². The first-order valence-corrected chi connectivity index (χ1v) is 19.4. The van der Waals surface area contributed by atoms with Gasteiger partial charge in [0, 0.05) is 38.4 Å². The van der Waals surface area contributed by atoms with Gasteiger partial charge in [0.1, 0.15) is 11.9 Å². The van der Waals surface area contributed by atoms with E-state index in [0.29, 0.717) is 37.2 Å². The second-order valence-electron chi connectivity index (χ2n) is 12.1. The summed E-state index contributed by atoms with van der Waals surface area (Å²) in [6, 6.07) is 32.6. The number of nitrogens with zero attached hydrogens (tertiary/aromatic N) is 1. The zero-order valence-corrected chi connectivity index (χ0v) is 34.1. The van der Waals surface area contributed by atoms with E-state index in [0.717, 1.165) is 0 Å². The monoisotopic (exact) mass is 875 g/mol. The molecule has 0 saturated heterocycles. The number of amides is 2. The molecule has 15 nitrogen and oxygen atoms in total. The number of carbonyl (C=O) groups excluding carboxylic acids is 3. The summed E-state index contributed by atoms with van der Waals surface area (Å²) < 4.78 is 4.76. The quantitative estimate of drug-likeness (QED) is 0.0311. The summed E-state index contributed by atoms with van der Waals surface area (Å²) in [6.07, 6.45) is 2.95. The van der Waals surface area contributed by atoms with Crippen molar-refractivity contribution in [3.05, 3.63) is 126 Å². The standard InChI is InChI=1S/C20H24N5O4.C13H13P.C6H13NO5.Tc/c1-29-20(28)16(24-19(27)15-10-11-17(25-21)23-13-15)9-5-6-12-22-18(26)14-7-3-2-4-8-14;1-14(12-8-4-2-5-9-12)13-10-6-3-7-11-13;8-2-6(3-9,4-10)7-1-5(11)12;/h2-4,7-8,10-11,13,16,21H,5-6,9,12H2,1H3,(H,22,26)(H2,23,24,25,27);2-11H,1H3;7-10H,1-4H2,(H,11,12);/q-1;;;/p+1. The van der Waals surface area contributed by atoms with Gasteiger partial charge < -0.3 is 47.1 Å². The van der Waals surface area contributed by atoms with E-state index < -0.39 is 63.7 Å². The molecule has 17 heteroatoms. The third-order valence-electron chi connectivity index (χ3n) is 8.12. The molecule has 0 aliphatic carbocycles. The number of carboxylic acid groups (broad SMARTS) is 1. The molecule has 0 aliphatic rings. The molecule has 1 radical (unpaired) electrons. The molecule has 9 N–H and O–H groups in total. The number of aliphatic carboxylic acids is 1. The Morgan fingerprint density at radius 3 is 1.77 bits per heavy atom. The Balaban J connectivity index is 0.000000481. The summed E-state index contributed by atoms with van der Waals surface area (Å²) in [5.74, 6) is 5.05. The second kappa shape index (κ2) is 27.9. The van der Waals surface area contributed by atoms with Crippen molar-refractivity contribution in [2.45, 2.75) is 30.8 Å². The predicted octanol–water partition coefficient (Wildman–Crippen LogP) is 2.19. The predicted molar refractivity (Wildman–Crippen MR) is 214 cm³/mol. The van der Waals surface area contributed by atoms with Gasteiger partial charge in [-0.2, -0.15) is 0 Å². The minimum absolute atomic E-state index is 0. The molecule has 0 aliphatic heterocycles. The molecule has 1 atom stereocenters. The fourth-order valence-electron chi connectivity index (χ4n) is 4.73. The largest absolute Gasteiger partial charge is 0.585 e. The van der Waals surface area contributed by atoms with Crippen LogP contribution in [0.1, 0.15) is 40.0 Å². The van der Waals surface area contributed by atoms with Crippen molar-refractivity contribution in [3.63, 3.8) is 0 Å². The van der Waals surface area contributed by atoms with Gasteiger partial charge in [-0.05, 0) is 67.8 Å². The van der Waals surface area contributed by atoms with Crippen molar-refractivity contribution in [2.24, 2.45) is 0 Å². The van der Waals surface area contributed by atoms with Crippen LogP contribution in [0.25, 0.3) is 5.84 Å². The number of hydrogen-bond acceptors (Lipinski definition) is 11. The summed E-state index contributed by atoms with van der Waals surface area (Å²) in [7, 11) is 0.717. The molecule has 56 heavy (non-hydrogen) atoms. The number of aliphatic hydroxyl groups is 3. The van der Waals surface area contributed by atoms with Crippen LogP contribution >= 0.6 is 7.92 Å². The van der Waals surface area contributed by atoms with E-state index in [-0.39, 0.29) is 31.6 Å². The van der Waals surface area contributed by atoms with E-state index >= 15 is 0 Å². The third-order valence-corrected chi connectivity index (χ3v) is 10.5. The number of methoxy groups -OCH3 is 1. The topological polar surface area (TPSA) is 243 Å². The number of aromatic nitrogens is 1.